The van der Waals surface area contributed by atoms with Crippen molar-refractivity contribution in [1.82, 2.24) is 19.4 Å². The number of hydrogen-bond acceptors (Lipinski definition) is 6. The lowest BCUT2D eigenvalue weighted by Crippen LogP contribution is -2.45. The molecule has 1 aliphatic heterocycles. The number of nitrogens with one attached hydrogen (secondary N) is 1. The smallest absolute Gasteiger partial charge is 0.331 e. The fourth-order valence-electron chi connectivity index (χ4n) is 4.34. The summed E-state index contributed by atoms with van der Waals surface area (Å²) in [5.74, 6) is 0.585. The van der Waals surface area contributed by atoms with Gasteiger partial charge in [-0.15, -0.1) is 11.3 Å². The average Bonchev–Trinajstić information content (AvgIpc) is 3.25. The van der Waals surface area contributed by atoms with Gasteiger partial charge in [-0.2, -0.15) is 0 Å². The van der Waals surface area contributed by atoms with Gasteiger partial charge in [0, 0.05) is 53.1 Å². The number of thiophene rings is 1. The number of halogens is 2. The van der Waals surface area contributed by atoms with Crippen molar-refractivity contribution in [3.05, 3.63) is 79.0 Å². The summed E-state index contributed by atoms with van der Waals surface area (Å²) in [6.07, 6.45) is 1.90. The number of nitrogens with zero attached hydrogens (tertiary/aromatic N) is 3. The Morgan fingerprint density at radius 2 is 2.09 bits per heavy atom. The number of ether oxygens (including phenoxy) is 1. The molecule has 1 aromatic carbocycles. The molecule has 0 aliphatic carbocycles. The van der Waals surface area contributed by atoms with Crippen LogP contribution in [0.3, 0.4) is 0 Å². The predicted molar refractivity (Wildman–Crippen MR) is 137 cm³/mol. The summed E-state index contributed by atoms with van der Waals surface area (Å²) in [7, 11) is 1.61. The summed E-state index contributed by atoms with van der Waals surface area (Å²) in [4.78, 5) is 30.1. The molecule has 4 aromatic rings. The Labute approximate surface area is 209 Å². The van der Waals surface area contributed by atoms with Gasteiger partial charge in [0.1, 0.15) is 18.0 Å². The van der Waals surface area contributed by atoms with Crippen molar-refractivity contribution in [2.45, 2.75) is 32.2 Å². The van der Waals surface area contributed by atoms with E-state index in [-0.39, 0.29) is 17.8 Å². The second kappa shape index (κ2) is 9.56. The van der Waals surface area contributed by atoms with Crippen LogP contribution < -0.4 is 21.3 Å². The van der Waals surface area contributed by atoms with Crippen molar-refractivity contribution in [3.8, 4) is 16.9 Å². The van der Waals surface area contributed by atoms with Gasteiger partial charge in [0.2, 0.25) is 0 Å². The fourth-order valence-corrected chi connectivity index (χ4v) is 5.75. The van der Waals surface area contributed by atoms with Crippen LogP contribution in [0.4, 0.5) is 4.39 Å². The van der Waals surface area contributed by atoms with E-state index >= 15 is 0 Å². The van der Waals surface area contributed by atoms with Crippen LogP contribution in [-0.2, 0) is 13.6 Å². The van der Waals surface area contributed by atoms with Gasteiger partial charge in [0.05, 0.1) is 16.8 Å². The number of benzene rings is 1. The molecule has 1 fully saturated rings. The molecule has 0 bridgehead atoms. The van der Waals surface area contributed by atoms with E-state index in [0.29, 0.717) is 30.3 Å². The predicted octanol–water partition coefficient (Wildman–Crippen LogP) is 3.91. The van der Waals surface area contributed by atoms with Crippen molar-refractivity contribution in [2.75, 3.05) is 13.1 Å². The van der Waals surface area contributed by atoms with Crippen molar-refractivity contribution in [3.63, 3.8) is 0 Å². The molecule has 0 saturated carbocycles. The van der Waals surface area contributed by atoms with E-state index in [9.17, 15) is 14.0 Å². The van der Waals surface area contributed by atoms with E-state index < -0.39 is 12.3 Å². The summed E-state index contributed by atoms with van der Waals surface area (Å²) in [6, 6.07) is 8.75. The molecule has 1 N–H and O–H groups in total. The van der Waals surface area contributed by atoms with E-state index in [2.05, 4.69) is 10.3 Å². The van der Waals surface area contributed by atoms with E-state index in [1.807, 2.05) is 25.1 Å². The molecule has 0 spiro atoms. The molecular formula is C25H24ClFN4O3S. The quantitative estimate of drug-likeness (QED) is 0.437. The van der Waals surface area contributed by atoms with Crippen LogP contribution in [0.2, 0.25) is 5.02 Å². The molecule has 35 heavy (non-hydrogen) atoms. The van der Waals surface area contributed by atoms with Gasteiger partial charge in [0.25, 0.3) is 5.56 Å². The number of fused-ring (bicyclic) bond motifs is 1. The number of aromatic nitrogens is 3. The maximum atomic E-state index is 14.6. The molecule has 182 valence electrons. The van der Waals surface area contributed by atoms with Crippen molar-refractivity contribution in [1.29, 1.82) is 0 Å². The monoisotopic (exact) mass is 514 g/mol. The molecule has 7 nitrogen and oxygen atoms in total. The molecule has 1 saturated heterocycles. The Kier molecular flexibility index (Phi) is 6.48. The summed E-state index contributed by atoms with van der Waals surface area (Å²) in [6.45, 7) is 3.09. The minimum absolute atomic E-state index is 0.141. The van der Waals surface area contributed by atoms with Crippen molar-refractivity contribution in [2.24, 2.45) is 7.05 Å². The molecule has 2 atom stereocenters. The Morgan fingerprint density at radius 3 is 2.89 bits per heavy atom. The van der Waals surface area contributed by atoms with E-state index in [0.717, 1.165) is 31.8 Å². The van der Waals surface area contributed by atoms with Crippen LogP contribution in [-0.4, -0.2) is 39.5 Å². The molecular weight excluding hydrogens is 491 g/mol. The number of hydrogen-bond donors (Lipinski definition) is 1. The SMILES string of the molecule is Cc1cc(Cl)cc(-c2ccnc3cc(Cn4c(=O)ccn(C)c4=O)sc23)c1O[C@@H]1CNCC[C@@H]1F. The second-order valence-corrected chi connectivity index (χ2v) is 10.3. The van der Waals surface area contributed by atoms with Crippen LogP contribution >= 0.6 is 22.9 Å². The van der Waals surface area contributed by atoms with Gasteiger partial charge in [-0.05, 0) is 49.7 Å². The molecule has 5 rings (SSSR count). The number of pyridine rings is 1. The first-order valence-corrected chi connectivity index (χ1v) is 12.5. The number of piperidine rings is 1. The molecule has 4 heterocycles. The summed E-state index contributed by atoms with van der Waals surface area (Å²) < 4.78 is 24.2. The molecule has 10 heteroatoms. The molecule has 1 aliphatic rings. The topological polar surface area (TPSA) is 78.2 Å². The van der Waals surface area contributed by atoms with Gasteiger partial charge >= 0.3 is 5.69 Å². The largest absolute Gasteiger partial charge is 0.485 e. The van der Waals surface area contributed by atoms with E-state index in [1.54, 1.807) is 19.3 Å². The summed E-state index contributed by atoms with van der Waals surface area (Å²) in [5.41, 5.74) is 2.40. The normalized spacial score (nSPS) is 18.2. The minimum atomic E-state index is -1.06. The van der Waals surface area contributed by atoms with Crippen LogP contribution in [0.15, 0.2) is 52.3 Å². The average molecular weight is 515 g/mol. The minimum Gasteiger partial charge on any atom is -0.485 e. The maximum absolute atomic E-state index is 14.6. The fraction of sp³-hybridized carbons (Fsp3) is 0.320. The lowest BCUT2D eigenvalue weighted by molar-refractivity contribution is 0.0744. The second-order valence-electron chi connectivity index (χ2n) is 8.68. The molecule has 0 radical (unpaired) electrons. The first kappa shape index (κ1) is 23.7. The van der Waals surface area contributed by atoms with Crippen LogP contribution in [0, 0.1) is 6.92 Å². The van der Waals surface area contributed by atoms with Crippen LogP contribution in [0.5, 0.6) is 5.75 Å². The first-order chi connectivity index (χ1) is 16.8. The third-order valence-corrected chi connectivity index (χ3v) is 7.52. The van der Waals surface area contributed by atoms with E-state index in [4.69, 9.17) is 16.3 Å². The van der Waals surface area contributed by atoms with Crippen LogP contribution in [0.25, 0.3) is 21.3 Å². The lowest BCUT2D eigenvalue weighted by Gasteiger charge is -2.29. The zero-order valence-corrected chi connectivity index (χ0v) is 20.8. The zero-order valence-electron chi connectivity index (χ0n) is 19.3. The molecule has 3 aromatic heterocycles. The van der Waals surface area contributed by atoms with Gasteiger partial charge < -0.3 is 14.6 Å². The van der Waals surface area contributed by atoms with Crippen LogP contribution in [0.1, 0.15) is 16.9 Å². The van der Waals surface area contributed by atoms with Gasteiger partial charge in [0.15, 0.2) is 0 Å². The van der Waals surface area contributed by atoms with Crippen molar-refractivity contribution >= 4 is 33.2 Å². The summed E-state index contributed by atoms with van der Waals surface area (Å²) in [5, 5.41) is 3.74. The Bertz CT molecular complexity index is 1530. The van der Waals surface area contributed by atoms with E-state index in [1.165, 1.54) is 32.7 Å². The standard InChI is InChI=1S/C25H24ClFN4O3S/c1-14-9-15(26)10-18(23(14)34-21-12-28-6-4-19(21)27)17-3-7-29-20-11-16(35-24(17)20)13-31-22(32)5-8-30(2)25(31)33/h3,5,7-11,19,21,28H,4,6,12-13H2,1-2H3/t19-,21+/m0/s1. The Balaban J connectivity index is 1.59. The number of alkyl halides is 1. The molecule has 0 unspecified atom stereocenters. The highest BCUT2D eigenvalue weighted by atomic mass is 35.5. The van der Waals surface area contributed by atoms with Gasteiger partial charge in [-0.1, -0.05) is 11.6 Å². The Hall–Kier alpha value is -3.01. The lowest BCUT2D eigenvalue weighted by atomic mass is 10.0. The van der Waals surface area contributed by atoms with Crippen molar-refractivity contribution < 1.29 is 9.13 Å². The van der Waals surface area contributed by atoms with Gasteiger partial charge in [-0.25, -0.2) is 9.18 Å². The Morgan fingerprint density at radius 1 is 1.26 bits per heavy atom. The maximum Gasteiger partial charge on any atom is 0.331 e. The highest BCUT2D eigenvalue weighted by Gasteiger charge is 2.28. The highest BCUT2D eigenvalue weighted by molar-refractivity contribution is 7.19. The third kappa shape index (κ3) is 4.63. The third-order valence-electron chi connectivity index (χ3n) is 6.16. The zero-order chi connectivity index (χ0) is 24.7. The van der Waals surface area contributed by atoms with Gasteiger partial charge in [-0.3, -0.25) is 14.3 Å². The number of aryl methyl sites for hydroxylation is 2. The highest BCUT2D eigenvalue weighted by Crippen LogP contribution is 2.42. The number of rotatable bonds is 5. The summed E-state index contributed by atoms with van der Waals surface area (Å²) >= 11 is 7.88. The molecule has 0 amide bonds. The first-order valence-electron chi connectivity index (χ1n) is 11.3.